The Kier molecular flexibility index (Phi) is 0.939. The molecule has 2 aliphatic heterocycles. The van der Waals surface area contributed by atoms with Gasteiger partial charge in [-0.05, 0) is 6.07 Å². The van der Waals surface area contributed by atoms with Gasteiger partial charge in [-0.1, -0.05) is 18.2 Å². The highest BCUT2D eigenvalue weighted by molar-refractivity contribution is 6.52. The van der Waals surface area contributed by atoms with E-state index in [1.165, 1.54) is 11.1 Å². The molecule has 0 atom stereocenters. The molecule has 2 heterocycles. The summed E-state index contributed by atoms with van der Waals surface area (Å²) >= 11 is 0. The molecule has 2 nitrogen and oxygen atoms in total. The maximum absolute atomic E-state index is 4.44. The van der Waals surface area contributed by atoms with E-state index in [2.05, 4.69) is 16.1 Å². The number of para-hydroxylation sites is 1. The van der Waals surface area contributed by atoms with Crippen LogP contribution in [0.3, 0.4) is 0 Å². The molecule has 0 fully saturated rings. The lowest BCUT2D eigenvalue weighted by atomic mass is 10.1. The van der Waals surface area contributed by atoms with Gasteiger partial charge in [0, 0.05) is 5.56 Å². The summed E-state index contributed by atoms with van der Waals surface area (Å²) in [5.74, 6) is 0. The first-order valence-corrected chi connectivity index (χ1v) is 3.93. The van der Waals surface area contributed by atoms with Crippen molar-refractivity contribution in [3.63, 3.8) is 0 Å². The van der Waals surface area contributed by atoms with Gasteiger partial charge in [-0.25, -0.2) is 9.98 Å². The zero-order valence-corrected chi connectivity index (χ0v) is 6.41. The van der Waals surface area contributed by atoms with Crippen LogP contribution in [-0.4, -0.2) is 11.9 Å². The van der Waals surface area contributed by atoms with Crippen molar-refractivity contribution in [2.75, 3.05) is 0 Å². The van der Waals surface area contributed by atoms with Crippen LogP contribution < -0.4 is 4.99 Å². The maximum atomic E-state index is 4.44. The average molecular weight is 155 g/mol. The van der Waals surface area contributed by atoms with Gasteiger partial charge >= 0.3 is 0 Å². The van der Waals surface area contributed by atoms with E-state index in [1.807, 2.05) is 30.6 Å². The van der Waals surface area contributed by atoms with Gasteiger partial charge in [-0.2, -0.15) is 0 Å². The van der Waals surface area contributed by atoms with E-state index in [0.29, 0.717) is 0 Å². The monoisotopic (exact) mass is 155 g/mol. The van der Waals surface area contributed by atoms with Crippen molar-refractivity contribution >= 4 is 23.2 Å². The summed E-state index contributed by atoms with van der Waals surface area (Å²) < 4.78 is 0. The largest absolute Gasteiger partial charge is 0.241 e. The quantitative estimate of drug-likeness (QED) is 0.557. The highest BCUT2D eigenvalue weighted by Crippen LogP contribution is 2.33. The fourth-order valence-corrected chi connectivity index (χ4v) is 1.59. The van der Waals surface area contributed by atoms with E-state index in [0.717, 1.165) is 11.4 Å². The lowest BCUT2D eigenvalue weighted by Crippen LogP contribution is -2.59. The van der Waals surface area contributed by atoms with Crippen LogP contribution in [0, 0.1) is 0 Å². The molecule has 2 heteroatoms. The second-order valence-electron chi connectivity index (χ2n) is 2.88. The first-order chi connectivity index (χ1) is 5.95. The van der Waals surface area contributed by atoms with E-state index >= 15 is 0 Å². The summed E-state index contributed by atoms with van der Waals surface area (Å²) in [4.78, 5) is 7.49. The Balaban J connectivity index is 2.33. The smallest absolute Gasteiger partial charge is 0.193 e. The zero-order chi connectivity index (χ0) is 7.97. The molecule has 1 aromatic rings. The van der Waals surface area contributed by atoms with E-state index in [1.54, 1.807) is 0 Å². The fraction of sp³-hybridized carbons (Fsp3) is 0. The molecule has 1 N–H and O–H groups in total. The zero-order valence-electron chi connectivity index (χ0n) is 6.41. The molecule has 1 aromatic carbocycles. The number of benzene rings is 1. The fourth-order valence-electron chi connectivity index (χ4n) is 1.59. The summed E-state index contributed by atoms with van der Waals surface area (Å²) in [7, 11) is 0. The van der Waals surface area contributed by atoms with E-state index in [4.69, 9.17) is 0 Å². The molecule has 0 saturated carbocycles. The van der Waals surface area contributed by atoms with Crippen molar-refractivity contribution in [3.05, 3.63) is 36.0 Å². The molecule has 3 rings (SSSR count). The Morgan fingerprint density at radius 3 is 3.08 bits per heavy atom. The van der Waals surface area contributed by atoms with E-state index in [9.17, 15) is 0 Å². The minimum absolute atomic E-state index is 1.05. The van der Waals surface area contributed by atoms with Crippen LogP contribution in [0.15, 0.2) is 35.5 Å². The van der Waals surface area contributed by atoms with Gasteiger partial charge in [0.2, 0.25) is 0 Å². The first-order valence-electron chi connectivity index (χ1n) is 3.93. The number of allylic oxidation sites excluding steroid dienone is 1. The van der Waals surface area contributed by atoms with Gasteiger partial charge in [-0.15, -0.1) is 0 Å². The topological polar surface area (TPSA) is 26.3 Å². The number of hydrogen-bond acceptors (Lipinski definition) is 1. The van der Waals surface area contributed by atoms with Crippen molar-refractivity contribution in [1.29, 1.82) is 0 Å². The van der Waals surface area contributed by atoms with Crippen molar-refractivity contribution in [3.8, 4) is 0 Å². The Labute approximate surface area is 70.0 Å². The number of rotatable bonds is 0. The van der Waals surface area contributed by atoms with Gasteiger partial charge < -0.3 is 0 Å². The molecular formula is C10H7N2+. The number of nitrogens with one attached hydrogen (secondary N) is 1. The Hall–Kier alpha value is -1.70. The van der Waals surface area contributed by atoms with Crippen LogP contribution in [0.4, 0.5) is 5.69 Å². The van der Waals surface area contributed by atoms with Crippen LogP contribution >= 0.6 is 0 Å². The summed E-state index contributed by atoms with van der Waals surface area (Å²) in [6.07, 6.45) is 3.92. The van der Waals surface area contributed by atoms with Gasteiger partial charge in [0.25, 0.3) is 0 Å². The van der Waals surface area contributed by atoms with Crippen molar-refractivity contribution in [2.45, 2.75) is 0 Å². The number of nitrogens with zero attached hydrogens (tertiary/aromatic N) is 1. The molecule has 0 aliphatic carbocycles. The van der Waals surface area contributed by atoms with Crippen LogP contribution in [0.1, 0.15) is 5.56 Å². The molecule has 0 bridgehead atoms. The molecule has 0 spiro atoms. The molecule has 0 saturated heterocycles. The minimum atomic E-state index is 1.05. The van der Waals surface area contributed by atoms with Crippen LogP contribution in [-0.2, 0) is 0 Å². The van der Waals surface area contributed by atoms with Crippen LogP contribution in [0.25, 0.3) is 5.57 Å². The SMILES string of the molecule is C1=[NH+]C=C2C1=Nc1ccccc12. The normalized spacial score (nSPS) is 17.0. The van der Waals surface area contributed by atoms with Gasteiger partial charge in [0.05, 0.1) is 11.3 Å². The summed E-state index contributed by atoms with van der Waals surface area (Å²) in [5.41, 5.74) is 4.58. The first kappa shape index (κ1) is 5.89. The summed E-state index contributed by atoms with van der Waals surface area (Å²) in [5, 5.41) is 0. The molecule has 56 valence electrons. The third-order valence-corrected chi connectivity index (χ3v) is 2.16. The standard InChI is InChI=1S/C10H6N2/c1-2-4-9-7(3-1)8-5-11-6-10(8)12-9/h1-6H/p+1. The molecule has 0 radical (unpaired) electrons. The highest BCUT2D eigenvalue weighted by atomic mass is 14.9. The lowest BCUT2D eigenvalue weighted by Gasteiger charge is -1.93. The number of fused-ring (bicyclic) bond motifs is 3. The van der Waals surface area contributed by atoms with Crippen LogP contribution in [0.2, 0.25) is 0 Å². The van der Waals surface area contributed by atoms with Crippen molar-refractivity contribution in [2.24, 2.45) is 4.99 Å². The molecule has 0 amide bonds. The minimum Gasteiger partial charge on any atom is -0.241 e. The van der Waals surface area contributed by atoms with E-state index in [-0.39, 0.29) is 0 Å². The molecule has 0 aromatic heterocycles. The molecule has 12 heavy (non-hydrogen) atoms. The van der Waals surface area contributed by atoms with Gasteiger partial charge in [-0.3, -0.25) is 0 Å². The van der Waals surface area contributed by atoms with Gasteiger partial charge in [0.15, 0.2) is 12.4 Å². The van der Waals surface area contributed by atoms with Gasteiger partial charge in [0.1, 0.15) is 5.71 Å². The third-order valence-electron chi connectivity index (χ3n) is 2.16. The number of hydrogen-bond donors (Lipinski definition) is 1. The predicted octanol–water partition coefficient (Wildman–Crippen LogP) is 0.279. The lowest BCUT2D eigenvalue weighted by molar-refractivity contribution is -0.361. The molecular weight excluding hydrogens is 148 g/mol. The van der Waals surface area contributed by atoms with Crippen LogP contribution in [0.5, 0.6) is 0 Å². The Morgan fingerprint density at radius 1 is 1.17 bits per heavy atom. The maximum Gasteiger partial charge on any atom is 0.193 e. The second-order valence-corrected chi connectivity index (χ2v) is 2.88. The molecule has 2 aliphatic rings. The average Bonchev–Trinajstić information content (AvgIpc) is 2.62. The predicted molar refractivity (Wildman–Crippen MR) is 48.5 cm³/mol. The highest BCUT2D eigenvalue weighted by Gasteiger charge is 2.24. The molecule has 0 unspecified atom stereocenters. The summed E-state index contributed by atoms with van der Waals surface area (Å²) in [6.45, 7) is 0. The Bertz CT molecular complexity index is 439. The number of aliphatic imine (C=N–C) groups is 1. The third kappa shape index (κ3) is 0.593. The Morgan fingerprint density at radius 2 is 2.08 bits per heavy atom. The van der Waals surface area contributed by atoms with Crippen molar-refractivity contribution < 1.29 is 4.99 Å². The van der Waals surface area contributed by atoms with Crippen molar-refractivity contribution in [1.82, 2.24) is 0 Å². The second kappa shape index (κ2) is 1.91. The van der Waals surface area contributed by atoms with E-state index < -0.39 is 0 Å². The summed E-state index contributed by atoms with van der Waals surface area (Å²) in [6, 6.07) is 8.18.